The Labute approximate surface area is 207 Å². The molecule has 3 aromatic carbocycles. The Balaban J connectivity index is 1.84. The summed E-state index contributed by atoms with van der Waals surface area (Å²) in [4.78, 5) is 23.0. The standard InChI is InChI=1S/C23H21ClN4O6S/c1-16-3-5-18(6-4-16)27(35(32,33)21-10-8-20(34-2)9-11-21)15-23(29)26-25-14-17-13-19(28(30)31)7-12-22(17)24/h3-14H,15H2,1-2H3,(H,26,29)/b25-14+. The number of nitro benzene ring substituents is 1. The lowest BCUT2D eigenvalue weighted by Gasteiger charge is -2.24. The van der Waals surface area contributed by atoms with Gasteiger partial charge >= 0.3 is 0 Å². The highest BCUT2D eigenvalue weighted by Gasteiger charge is 2.27. The highest BCUT2D eigenvalue weighted by atomic mass is 35.5. The van der Waals surface area contributed by atoms with Gasteiger partial charge in [-0.05, 0) is 49.4 Å². The largest absolute Gasteiger partial charge is 0.497 e. The molecule has 0 bridgehead atoms. The van der Waals surface area contributed by atoms with Crippen LogP contribution in [0.25, 0.3) is 0 Å². The molecule has 12 heteroatoms. The number of nitro groups is 1. The van der Waals surface area contributed by atoms with Gasteiger partial charge in [0.2, 0.25) is 0 Å². The van der Waals surface area contributed by atoms with Crippen molar-refractivity contribution in [3.05, 3.63) is 93.0 Å². The zero-order valence-corrected chi connectivity index (χ0v) is 20.3. The maximum Gasteiger partial charge on any atom is 0.270 e. The first-order valence-electron chi connectivity index (χ1n) is 10.1. The van der Waals surface area contributed by atoms with Gasteiger partial charge in [-0.25, -0.2) is 13.8 Å². The summed E-state index contributed by atoms with van der Waals surface area (Å²) >= 11 is 6.02. The van der Waals surface area contributed by atoms with Crippen LogP contribution < -0.4 is 14.5 Å². The molecule has 0 aromatic heterocycles. The second kappa shape index (κ2) is 11.0. The van der Waals surface area contributed by atoms with Crippen molar-refractivity contribution in [3.8, 4) is 5.75 Å². The van der Waals surface area contributed by atoms with E-state index < -0.39 is 27.4 Å². The number of benzene rings is 3. The lowest BCUT2D eigenvalue weighted by molar-refractivity contribution is -0.384. The Morgan fingerprint density at radius 3 is 2.40 bits per heavy atom. The number of amides is 1. The molecule has 0 heterocycles. The Kier molecular flexibility index (Phi) is 8.05. The number of ether oxygens (including phenoxy) is 1. The number of hydrazone groups is 1. The zero-order valence-electron chi connectivity index (χ0n) is 18.7. The topological polar surface area (TPSA) is 131 Å². The number of sulfonamides is 1. The summed E-state index contributed by atoms with van der Waals surface area (Å²) in [6.45, 7) is 1.28. The molecule has 1 N–H and O–H groups in total. The molecule has 1 amide bonds. The van der Waals surface area contributed by atoms with Crippen LogP contribution in [0.3, 0.4) is 0 Å². The number of anilines is 1. The molecular formula is C23H21ClN4O6S. The number of carbonyl (C=O) groups is 1. The van der Waals surface area contributed by atoms with Crippen LogP contribution in [0.15, 0.2) is 76.7 Å². The van der Waals surface area contributed by atoms with E-state index in [1.165, 1.54) is 49.6 Å². The van der Waals surface area contributed by atoms with Gasteiger partial charge in [0.25, 0.3) is 21.6 Å². The van der Waals surface area contributed by atoms with Gasteiger partial charge in [-0.3, -0.25) is 19.2 Å². The normalized spacial score (nSPS) is 11.3. The lowest BCUT2D eigenvalue weighted by atomic mass is 10.2. The fourth-order valence-corrected chi connectivity index (χ4v) is 4.57. The average molecular weight is 517 g/mol. The van der Waals surface area contributed by atoms with Gasteiger partial charge < -0.3 is 4.74 Å². The van der Waals surface area contributed by atoms with Crippen molar-refractivity contribution in [2.45, 2.75) is 11.8 Å². The second-order valence-electron chi connectivity index (χ2n) is 7.28. The summed E-state index contributed by atoms with van der Waals surface area (Å²) in [5.74, 6) is -0.252. The maximum atomic E-state index is 13.4. The number of halogens is 1. The molecule has 0 spiro atoms. The number of nitrogens with zero attached hydrogens (tertiary/aromatic N) is 3. The minimum atomic E-state index is -4.12. The molecule has 0 aliphatic carbocycles. The minimum absolute atomic E-state index is 0.0291. The van der Waals surface area contributed by atoms with E-state index in [2.05, 4.69) is 10.5 Å². The van der Waals surface area contributed by atoms with Crippen LogP contribution >= 0.6 is 11.6 Å². The first kappa shape index (κ1) is 25.7. The van der Waals surface area contributed by atoms with E-state index in [9.17, 15) is 23.3 Å². The molecule has 182 valence electrons. The average Bonchev–Trinajstić information content (AvgIpc) is 2.84. The molecule has 0 radical (unpaired) electrons. The summed E-state index contributed by atoms with van der Waals surface area (Å²) in [6, 6.07) is 16.2. The third-order valence-electron chi connectivity index (χ3n) is 4.84. The van der Waals surface area contributed by atoms with Crippen LogP contribution in [0.5, 0.6) is 5.75 Å². The van der Waals surface area contributed by atoms with Crippen molar-refractivity contribution in [2.75, 3.05) is 18.0 Å². The summed E-state index contributed by atoms with van der Waals surface area (Å²) in [7, 11) is -2.65. The molecule has 0 saturated carbocycles. The van der Waals surface area contributed by atoms with Crippen molar-refractivity contribution in [3.63, 3.8) is 0 Å². The number of methoxy groups -OCH3 is 1. The van der Waals surface area contributed by atoms with Crippen molar-refractivity contribution < 1.29 is 22.9 Å². The van der Waals surface area contributed by atoms with E-state index in [-0.39, 0.29) is 26.9 Å². The molecule has 0 atom stereocenters. The molecular weight excluding hydrogens is 496 g/mol. The Hall–Kier alpha value is -3.96. The number of aryl methyl sites for hydroxylation is 1. The molecule has 0 aliphatic rings. The van der Waals surface area contributed by atoms with Crippen molar-refractivity contribution >= 4 is 45.1 Å². The van der Waals surface area contributed by atoms with Crippen LogP contribution in [0.4, 0.5) is 11.4 Å². The summed E-state index contributed by atoms with van der Waals surface area (Å²) in [5, 5.41) is 14.9. The maximum absolute atomic E-state index is 13.4. The number of nitrogens with one attached hydrogen (secondary N) is 1. The molecule has 0 fully saturated rings. The Morgan fingerprint density at radius 1 is 1.14 bits per heavy atom. The third kappa shape index (κ3) is 6.34. The van der Waals surface area contributed by atoms with Gasteiger partial charge in [0.05, 0.1) is 28.8 Å². The van der Waals surface area contributed by atoms with E-state index in [1.54, 1.807) is 24.3 Å². The van der Waals surface area contributed by atoms with Gasteiger partial charge in [0, 0.05) is 22.7 Å². The highest BCUT2D eigenvalue weighted by molar-refractivity contribution is 7.92. The van der Waals surface area contributed by atoms with Crippen LogP contribution in [0.2, 0.25) is 5.02 Å². The Bertz CT molecular complexity index is 1360. The van der Waals surface area contributed by atoms with Crippen LogP contribution in [0, 0.1) is 17.0 Å². The van der Waals surface area contributed by atoms with Gasteiger partial charge in [-0.15, -0.1) is 0 Å². The molecule has 3 aromatic rings. The molecule has 10 nitrogen and oxygen atoms in total. The first-order chi connectivity index (χ1) is 16.6. The number of carbonyl (C=O) groups excluding carboxylic acids is 1. The molecule has 35 heavy (non-hydrogen) atoms. The predicted molar refractivity (Wildman–Crippen MR) is 133 cm³/mol. The smallest absolute Gasteiger partial charge is 0.270 e. The predicted octanol–water partition coefficient (Wildman–Crippen LogP) is 3.91. The van der Waals surface area contributed by atoms with Crippen molar-refractivity contribution in [1.29, 1.82) is 0 Å². The SMILES string of the molecule is COc1ccc(S(=O)(=O)N(CC(=O)N/N=C/c2cc([N+](=O)[O-])ccc2Cl)c2ccc(C)cc2)cc1. The first-order valence-corrected chi connectivity index (χ1v) is 11.9. The second-order valence-corrected chi connectivity index (χ2v) is 9.55. The van der Waals surface area contributed by atoms with E-state index in [0.717, 1.165) is 16.1 Å². The van der Waals surface area contributed by atoms with Crippen molar-refractivity contribution in [2.24, 2.45) is 5.10 Å². The lowest BCUT2D eigenvalue weighted by Crippen LogP contribution is -2.39. The minimum Gasteiger partial charge on any atom is -0.497 e. The van der Waals surface area contributed by atoms with Gasteiger partial charge in [-0.2, -0.15) is 5.10 Å². The van der Waals surface area contributed by atoms with Gasteiger partial charge in [-0.1, -0.05) is 29.3 Å². The quantitative estimate of drug-likeness (QED) is 0.260. The van der Waals surface area contributed by atoms with E-state index in [0.29, 0.717) is 5.75 Å². The summed E-state index contributed by atoms with van der Waals surface area (Å²) < 4.78 is 32.8. The molecule has 3 rings (SSSR count). The van der Waals surface area contributed by atoms with E-state index in [4.69, 9.17) is 16.3 Å². The zero-order chi connectivity index (χ0) is 25.6. The number of rotatable bonds is 9. The molecule has 0 aliphatic heterocycles. The van der Waals surface area contributed by atoms with E-state index in [1.807, 2.05) is 6.92 Å². The molecule has 0 unspecified atom stereocenters. The van der Waals surface area contributed by atoms with Crippen LogP contribution in [0.1, 0.15) is 11.1 Å². The van der Waals surface area contributed by atoms with Crippen molar-refractivity contribution in [1.82, 2.24) is 5.43 Å². The highest BCUT2D eigenvalue weighted by Crippen LogP contribution is 2.25. The van der Waals surface area contributed by atoms with Gasteiger partial charge in [0.15, 0.2) is 0 Å². The summed E-state index contributed by atoms with van der Waals surface area (Å²) in [5.41, 5.74) is 3.45. The summed E-state index contributed by atoms with van der Waals surface area (Å²) in [6.07, 6.45) is 1.14. The third-order valence-corrected chi connectivity index (χ3v) is 6.97. The monoisotopic (exact) mass is 516 g/mol. The Morgan fingerprint density at radius 2 is 1.80 bits per heavy atom. The fourth-order valence-electron chi connectivity index (χ4n) is 2.98. The molecule has 0 saturated heterocycles. The van der Waals surface area contributed by atoms with Crippen LogP contribution in [-0.4, -0.2) is 39.1 Å². The van der Waals surface area contributed by atoms with Crippen LogP contribution in [-0.2, 0) is 14.8 Å². The van der Waals surface area contributed by atoms with E-state index >= 15 is 0 Å². The number of hydrogen-bond donors (Lipinski definition) is 1. The number of hydrogen-bond acceptors (Lipinski definition) is 7. The fraction of sp³-hybridized carbons (Fsp3) is 0.130. The van der Waals surface area contributed by atoms with Gasteiger partial charge in [0.1, 0.15) is 12.3 Å². The number of non-ortho nitro benzene ring substituents is 1.